The summed E-state index contributed by atoms with van der Waals surface area (Å²) in [5, 5.41) is 2.93. The zero-order valence-electron chi connectivity index (χ0n) is 10.4. The fourth-order valence-electron chi connectivity index (χ4n) is 1.33. The SMILES string of the molecule is CC(CCN(C)C)NC(=O)c1ccc(Br)cn1. The average Bonchev–Trinajstić information content (AvgIpc) is 2.27. The van der Waals surface area contributed by atoms with Crippen molar-refractivity contribution >= 4 is 21.8 Å². The Bertz CT molecular complexity index is 365. The molecule has 0 aliphatic carbocycles. The number of carbonyl (C=O) groups excluding carboxylic acids is 1. The number of hydrogen-bond donors (Lipinski definition) is 1. The number of nitrogens with zero attached hydrogens (tertiary/aromatic N) is 2. The van der Waals surface area contributed by atoms with E-state index in [1.807, 2.05) is 27.1 Å². The van der Waals surface area contributed by atoms with E-state index in [0.29, 0.717) is 5.69 Å². The zero-order valence-corrected chi connectivity index (χ0v) is 12.0. The summed E-state index contributed by atoms with van der Waals surface area (Å²) in [6, 6.07) is 3.67. The highest BCUT2D eigenvalue weighted by atomic mass is 79.9. The molecule has 1 N–H and O–H groups in total. The molecule has 17 heavy (non-hydrogen) atoms. The van der Waals surface area contributed by atoms with Crippen molar-refractivity contribution in [3.63, 3.8) is 0 Å². The molecule has 1 rings (SSSR count). The van der Waals surface area contributed by atoms with Crippen molar-refractivity contribution in [3.05, 3.63) is 28.5 Å². The van der Waals surface area contributed by atoms with E-state index in [-0.39, 0.29) is 11.9 Å². The van der Waals surface area contributed by atoms with Gasteiger partial charge in [-0.2, -0.15) is 0 Å². The topological polar surface area (TPSA) is 45.2 Å². The van der Waals surface area contributed by atoms with Gasteiger partial charge < -0.3 is 10.2 Å². The first kappa shape index (κ1) is 14.1. The second kappa shape index (κ2) is 6.71. The summed E-state index contributed by atoms with van der Waals surface area (Å²) in [4.78, 5) is 18.0. The van der Waals surface area contributed by atoms with Crippen LogP contribution in [0.4, 0.5) is 0 Å². The van der Waals surface area contributed by atoms with Gasteiger partial charge in [-0.3, -0.25) is 4.79 Å². The van der Waals surface area contributed by atoms with E-state index in [0.717, 1.165) is 17.4 Å². The van der Waals surface area contributed by atoms with Crippen molar-refractivity contribution in [2.45, 2.75) is 19.4 Å². The maximum atomic E-state index is 11.8. The Morgan fingerprint density at radius 1 is 1.53 bits per heavy atom. The predicted octanol–water partition coefficient (Wildman–Crippen LogP) is 1.91. The molecule has 1 aromatic heterocycles. The molecular formula is C12H18BrN3O. The molecule has 1 atom stereocenters. The van der Waals surface area contributed by atoms with Crippen LogP contribution < -0.4 is 5.32 Å². The molecule has 94 valence electrons. The van der Waals surface area contributed by atoms with Gasteiger partial charge in [-0.25, -0.2) is 4.98 Å². The van der Waals surface area contributed by atoms with Crippen LogP contribution in [0, 0.1) is 0 Å². The van der Waals surface area contributed by atoms with Crippen LogP contribution in [0.5, 0.6) is 0 Å². The molecule has 1 aromatic rings. The number of rotatable bonds is 5. The number of pyridine rings is 1. The van der Waals surface area contributed by atoms with Crippen molar-refractivity contribution in [2.75, 3.05) is 20.6 Å². The Morgan fingerprint density at radius 3 is 2.76 bits per heavy atom. The summed E-state index contributed by atoms with van der Waals surface area (Å²) < 4.78 is 0.870. The molecular weight excluding hydrogens is 282 g/mol. The molecule has 1 heterocycles. The van der Waals surface area contributed by atoms with E-state index < -0.39 is 0 Å². The molecule has 4 nitrogen and oxygen atoms in total. The Labute approximate surface area is 111 Å². The van der Waals surface area contributed by atoms with E-state index in [4.69, 9.17) is 0 Å². The number of halogens is 1. The maximum absolute atomic E-state index is 11.8. The highest BCUT2D eigenvalue weighted by molar-refractivity contribution is 9.10. The second-order valence-electron chi connectivity index (χ2n) is 4.33. The third kappa shape index (κ3) is 5.28. The fraction of sp³-hybridized carbons (Fsp3) is 0.500. The van der Waals surface area contributed by atoms with Crippen LogP contribution in [0.3, 0.4) is 0 Å². The van der Waals surface area contributed by atoms with E-state index in [9.17, 15) is 4.79 Å². The van der Waals surface area contributed by atoms with Crippen LogP contribution in [0.25, 0.3) is 0 Å². The van der Waals surface area contributed by atoms with Crippen molar-refractivity contribution in [1.82, 2.24) is 15.2 Å². The Kier molecular flexibility index (Phi) is 5.58. The standard InChI is InChI=1S/C12H18BrN3O/c1-9(6-7-16(2)3)15-12(17)11-5-4-10(13)8-14-11/h4-5,8-9H,6-7H2,1-3H3,(H,15,17). The first-order valence-electron chi connectivity index (χ1n) is 5.56. The number of amides is 1. The number of aromatic nitrogens is 1. The average molecular weight is 300 g/mol. The summed E-state index contributed by atoms with van der Waals surface area (Å²) in [6.45, 7) is 2.95. The lowest BCUT2D eigenvalue weighted by atomic mass is 10.2. The first-order chi connectivity index (χ1) is 7.99. The molecule has 0 radical (unpaired) electrons. The van der Waals surface area contributed by atoms with Crippen molar-refractivity contribution in [2.24, 2.45) is 0 Å². The fourth-order valence-corrected chi connectivity index (χ4v) is 1.57. The van der Waals surface area contributed by atoms with Gasteiger partial charge in [0.15, 0.2) is 0 Å². The van der Waals surface area contributed by atoms with Crippen molar-refractivity contribution < 1.29 is 4.79 Å². The molecule has 0 aromatic carbocycles. The molecule has 0 saturated carbocycles. The second-order valence-corrected chi connectivity index (χ2v) is 5.24. The van der Waals surface area contributed by atoms with Crippen LogP contribution in [0.15, 0.2) is 22.8 Å². The van der Waals surface area contributed by atoms with Gasteiger partial charge in [0.25, 0.3) is 5.91 Å². The molecule has 0 fully saturated rings. The number of carbonyl (C=O) groups is 1. The summed E-state index contributed by atoms with van der Waals surface area (Å²) in [5.74, 6) is -0.122. The van der Waals surface area contributed by atoms with Crippen molar-refractivity contribution in [1.29, 1.82) is 0 Å². The van der Waals surface area contributed by atoms with Crippen LogP contribution in [-0.2, 0) is 0 Å². The Hall–Kier alpha value is -0.940. The molecule has 0 aliphatic heterocycles. The van der Waals surface area contributed by atoms with Gasteiger partial charge in [-0.1, -0.05) is 0 Å². The lowest BCUT2D eigenvalue weighted by molar-refractivity contribution is 0.0931. The molecule has 0 spiro atoms. The lowest BCUT2D eigenvalue weighted by Gasteiger charge is -2.16. The molecule has 0 bridgehead atoms. The van der Waals surface area contributed by atoms with Gasteiger partial charge in [0.2, 0.25) is 0 Å². The summed E-state index contributed by atoms with van der Waals surface area (Å²) in [7, 11) is 4.04. The molecule has 5 heteroatoms. The van der Waals surface area contributed by atoms with Crippen LogP contribution >= 0.6 is 15.9 Å². The normalized spacial score (nSPS) is 12.5. The Balaban J connectivity index is 2.46. The van der Waals surface area contributed by atoms with Gasteiger partial charge >= 0.3 is 0 Å². The van der Waals surface area contributed by atoms with Gasteiger partial charge in [-0.05, 0) is 62.0 Å². The third-order valence-corrected chi connectivity index (χ3v) is 2.82. The first-order valence-corrected chi connectivity index (χ1v) is 6.35. The number of hydrogen-bond acceptors (Lipinski definition) is 3. The smallest absolute Gasteiger partial charge is 0.270 e. The van der Waals surface area contributed by atoms with E-state index in [1.54, 1.807) is 12.3 Å². The lowest BCUT2D eigenvalue weighted by Crippen LogP contribution is -2.35. The van der Waals surface area contributed by atoms with E-state index in [2.05, 4.69) is 31.1 Å². The van der Waals surface area contributed by atoms with E-state index >= 15 is 0 Å². The van der Waals surface area contributed by atoms with Gasteiger partial charge in [0.05, 0.1) is 0 Å². The van der Waals surface area contributed by atoms with Crippen LogP contribution in [0.1, 0.15) is 23.8 Å². The molecule has 0 aliphatic rings. The van der Waals surface area contributed by atoms with Gasteiger partial charge in [0, 0.05) is 16.7 Å². The minimum absolute atomic E-state index is 0.122. The highest BCUT2D eigenvalue weighted by Gasteiger charge is 2.10. The minimum Gasteiger partial charge on any atom is -0.348 e. The largest absolute Gasteiger partial charge is 0.348 e. The quantitative estimate of drug-likeness (QED) is 0.903. The highest BCUT2D eigenvalue weighted by Crippen LogP contribution is 2.07. The summed E-state index contributed by atoms with van der Waals surface area (Å²) >= 11 is 3.29. The summed E-state index contributed by atoms with van der Waals surface area (Å²) in [6.07, 6.45) is 2.55. The van der Waals surface area contributed by atoms with Crippen LogP contribution in [-0.4, -0.2) is 42.5 Å². The van der Waals surface area contributed by atoms with Crippen molar-refractivity contribution in [3.8, 4) is 0 Å². The van der Waals surface area contributed by atoms with Gasteiger partial charge in [0.1, 0.15) is 5.69 Å². The summed E-state index contributed by atoms with van der Waals surface area (Å²) in [5.41, 5.74) is 0.449. The van der Waals surface area contributed by atoms with E-state index in [1.165, 1.54) is 0 Å². The molecule has 0 saturated heterocycles. The number of nitrogens with one attached hydrogen (secondary N) is 1. The van der Waals surface area contributed by atoms with Gasteiger partial charge in [-0.15, -0.1) is 0 Å². The minimum atomic E-state index is -0.122. The molecule has 1 amide bonds. The third-order valence-electron chi connectivity index (χ3n) is 2.35. The maximum Gasteiger partial charge on any atom is 0.270 e. The van der Waals surface area contributed by atoms with Crippen LogP contribution in [0.2, 0.25) is 0 Å². The predicted molar refractivity (Wildman–Crippen MR) is 72.0 cm³/mol. The Morgan fingerprint density at radius 2 is 2.24 bits per heavy atom. The molecule has 1 unspecified atom stereocenters. The zero-order chi connectivity index (χ0) is 12.8. The monoisotopic (exact) mass is 299 g/mol.